The Morgan fingerprint density at radius 1 is 1.47 bits per heavy atom. The molecule has 5 nitrogen and oxygen atoms in total. The Balaban J connectivity index is 1.94. The quantitative estimate of drug-likeness (QED) is 0.861. The molecule has 0 spiro atoms. The van der Waals surface area contributed by atoms with Crippen LogP contribution in [0, 0.1) is 6.92 Å². The van der Waals surface area contributed by atoms with E-state index in [1.54, 1.807) is 11.3 Å². The maximum Gasteiger partial charge on any atom is 0.241 e. The van der Waals surface area contributed by atoms with Gasteiger partial charge in [-0.15, -0.1) is 11.3 Å². The average molecular weight is 271 g/mol. The highest BCUT2D eigenvalue weighted by Gasteiger charge is 2.06. The summed E-state index contributed by atoms with van der Waals surface area (Å²) in [6.45, 7) is 2.46. The van der Waals surface area contributed by atoms with Crippen molar-refractivity contribution in [1.29, 1.82) is 0 Å². The van der Waals surface area contributed by atoms with Crippen LogP contribution in [0.4, 0.5) is 5.69 Å². The van der Waals surface area contributed by atoms with Crippen molar-refractivity contribution in [2.75, 3.05) is 12.3 Å². The van der Waals surface area contributed by atoms with E-state index in [1.165, 1.54) is 11.1 Å². The van der Waals surface area contributed by atoms with Gasteiger partial charge in [0.25, 0.3) is 0 Å². The number of nitrogens with zero attached hydrogens (tertiary/aromatic N) is 3. The molecule has 17 heavy (non-hydrogen) atoms. The Labute approximate surface area is 108 Å². The van der Waals surface area contributed by atoms with E-state index in [9.17, 15) is 0 Å². The molecule has 0 saturated heterocycles. The molecule has 0 fully saturated rings. The Morgan fingerprint density at radius 3 is 3.00 bits per heavy atom. The molecule has 2 aromatic heterocycles. The van der Waals surface area contributed by atoms with Gasteiger partial charge in [0.2, 0.25) is 11.2 Å². The summed E-state index contributed by atoms with van der Waals surface area (Å²) in [5.41, 5.74) is 8.90. The van der Waals surface area contributed by atoms with Gasteiger partial charge in [0, 0.05) is 11.3 Å². The smallest absolute Gasteiger partial charge is 0.241 e. The molecule has 0 aliphatic carbocycles. The van der Waals surface area contributed by atoms with Crippen LogP contribution in [-0.2, 0) is 6.42 Å². The molecule has 0 aliphatic rings. The second kappa shape index (κ2) is 5.29. The predicted molar refractivity (Wildman–Crippen MR) is 67.5 cm³/mol. The maximum absolute atomic E-state index is 5.66. The Morgan fingerprint density at radius 2 is 2.29 bits per heavy atom. The third kappa shape index (κ3) is 3.04. The molecule has 0 aliphatic heterocycles. The summed E-state index contributed by atoms with van der Waals surface area (Å²) in [7, 11) is 0. The van der Waals surface area contributed by atoms with Crippen molar-refractivity contribution in [1.82, 2.24) is 15.0 Å². The number of aryl methyl sites for hydroxylation is 1. The fourth-order valence-electron chi connectivity index (χ4n) is 1.28. The Bertz CT molecular complexity index is 517. The van der Waals surface area contributed by atoms with Crippen molar-refractivity contribution in [3.8, 4) is 5.88 Å². The van der Waals surface area contributed by atoms with Crippen LogP contribution < -0.4 is 10.5 Å². The lowest BCUT2D eigenvalue weighted by molar-refractivity contribution is 0.311. The van der Waals surface area contributed by atoms with E-state index in [-0.39, 0.29) is 5.28 Å². The van der Waals surface area contributed by atoms with Gasteiger partial charge in [-0.3, -0.25) is 0 Å². The molecule has 0 radical (unpaired) electrons. The summed E-state index contributed by atoms with van der Waals surface area (Å²) in [5, 5.41) is 0.128. The number of aromatic nitrogens is 3. The highest BCUT2D eigenvalue weighted by molar-refractivity contribution is 7.09. The molecule has 0 amide bonds. The van der Waals surface area contributed by atoms with Crippen molar-refractivity contribution in [2.45, 2.75) is 13.3 Å². The van der Waals surface area contributed by atoms with Crippen molar-refractivity contribution < 1.29 is 4.74 Å². The van der Waals surface area contributed by atoms with Crippen molar-refractivity contribution >= 4 is 28.6 Å². The molecule has 0 atom stereocenters. The average Bonchev–Trinajstić information content (AvgIpc) is 2.70. The van der Waals surface area contributed by atoms with Gasteiger partial charge in [-0.1, -0.05) is 0 Å². The van der Waals surface area contributed by atoms with Gasteiger partial charge in [0.1, 0.15) is 5.69 Å². The van der Waals surface area contributed by atoms with Crippen molar-refractivity contribution in [2.24, 2.45) is 0 Å². The summed E-state index contributed by atoms with van der Waals surface area (Å²) in [6, 6.07) is 0. The number of rotatable bonds is 4. The van der Waals surface area contributed by atoms with E-state index >= 15 is 0 Å². The lowest BCUT2D eigenvalue weighted by Crippen LogP contribution is -2.05. The second-order valence-corrected chi connectivity index (χ2v) is 4.64. The SMILES string of the molecule is Cc1ncsc1CCOc1nc(Cl)ncc1N. The van der Waals surface area contributed by atoms with Crippen LogP contribution in [0.2, 0.25) is 5.28 Å². The molecule has 2 aromatic rings. The Kier molecular flexibility index (Phi) is 3.75. The molecule has 0 unspecified atom stereocenters. The molecular formula is C10H11ClN4OS. The highest BCUT2D eigenvalue weighted by atomic mass is 35.5. The van der Waals surface area contributed by atoms with Crippen LogP contribution in [-0.4, -0.2) is 21.6 Å². The van der Waals surface area contributed by atoms with Gasteiger partial charge in [-0.2, -0.15) is 4.98 Å². The molecular weight excluding hydrogens is 260 g/mol. The van der Waals surface area contributed by atoms with Gasteiger partial charge in [0.15, 0.2) is 0 Å². The standard InChI is InChI=1S/C10H11ClN4OS/c1-6-8(17-5-14-6)2-3-16-9-7(12)4-13-10(11)15-9/h4-5H,2-3,12H2,1H3. The zero-order valence-corrected chi connectivity index (χ0v) is 10.8. The molecule has 0 aromatic carbocycles. The number of halogens is 1. The second-order valence-electron chi connectivity index (χ2n) is 3.36. The number of hydrogen-bond donors (Lipinski definition) is 1. The fourth-order valence-corrected chi connectivity index (χ4v) is 2.17. The number of nitrogens with two attached hydrogens (primary N) is 1. The summed E-state index contributed by atoms with van der Waals surface area (Å²) >= 11 is 7.27. The van der Waals surface area contributed by atoms with E-state index in [1.807, 2.05) is 12.4 Å². The zero-order chi connectivity index (χ0) is 12.3. The minimum Gasteiger partial charge on any atom is -0.476 e. The largest absolute Gasteiger partial charge is 0.476 e. The molecule has 90 valence electrons. The number of hydrogen-bond acceptors (Lipinski definition) is 6. The third-order valence-electron chi connectivity index (χ3n) is 2.16. The first-order valence-corrected chi connectivity index (χ1v) is 6.22. The first-order chi connectivity index (χ1) is 8.16. The number of ether oxygens (including phenoxy) is 1. The number of thiazole rings is 1. The Hall–Kier alpha value is -1.40. The molecule has 0 bridgehead atoms. The lowest BCUT2D eigenvalue weighted by Gasteiger charge is -2.06. The van der Waals surface area contributed by atoms with Crippen molar-refractivity contribution in [3.05, 3.63) is 27.6 Å². The minimum atomic E-state index is 0.128. The van der Waals surface area contributed by atoms with Crippen LogP contribution in [0.1, 0.15) is 10.6 Å². The van der Waals surface area contributed by atoms with Crippen LogP contribution >= 0.6 is 22.9 Å². The van der Waals surface area contributed by atoms with E-state index in [4.69, 9.17) is 22.1 Å². The normalized spacial score (nSPS) is 10.5. The molecule has 2 rings (SSSR count). The van der Waals surface area contributed by atoms with Gasteiger partial charge in [-0.25, -0.2) is 9.97 Å². The molecule has 7 heteroatoms. The molecule has 0 saturated carbocycles. The summed E-state index contributed by atoms with van der Waals surface area (Å²) in [5.74, 6) is 0.326. The van der Waals surface area contributed by atoms with Crippen LogP contribution in [0.15, 0.2) is 11.7 Å². The van der Waals surface area contributed by atoms with E-state index in [0.29, 0.717) is 18.2 Å². The third-order valence-corrected chi connectivity index (χ3v) is 3.34. The van der Waals surface area contributed by atoms with Gasteiger partial charge in [-0.05, 0) is 18.5 Å². The fraction of sp³-hybridized carbons (Fsp3) is 0.300. The summed E-state index contributed by atoms with van der Waals surface area (Å²) in [6.07, 6.45) is 2.21. The monoisotopic (exact) mass is 270 g/mol. The van der Waals surface area contributed by atoms with E-state index in [2.05, 4.69) is 15.0 Å². The van der Waals surface area contributed by atoms with Crippen molar-refractivity contribution in [3.63, 3.8) is 0 Å². The van der Waals surface area contributed by atoms with Gasteiger partial charge < -0.3 is 10.5 Å². The zero-order valence-electron chi connectivity index (χ0n) is 9.18. The number of nitrogen functional groups attached to an aromatic ring is 1. The molecule has 2 N–H and O–H groups in total. The van der Waals surface area contributed by atoms with E-state index in [0.717, 1.165) is 12.1 Å². The maximum atomic E-state index is 5.66. The topological polar surface area (TPSA) is 73.9 Å². The number of anilines is 1. The minimum absolute atomic E-state index is 0.128. The molecule has 2 heterocycles. The predicted octanol–water partition coefficient (Wildman–Crippen LogP) is 2.10. The van der Waals surface area contributed by atoms with Crippen LogP contribution in [0.25, 0.3) is 0 Å². The highest BCUT2D eigenvalue weighted by Crippen LogP contribution is 2.19. The van der Waals surface area contributed by atoms with Gasteiger partial charge >= 0.3 is 0 Å². The first kappa shape index (κ1) is 12.1. The summed E-state index contributed by atoms with van der Waals surface area (Å²) in [4.78, 5) is 13.0. The van der Waals surface area contributed by atoms with Gasteiger partial charge in [0.05, 0.1) is 24.0 Å². The first-order valence-electron chi connectivity index (χ1n) is 4.96. The van der Waals surface area contributed by atoms with Crippen LogP contribution in [0.3, 0.4) is 0 Å². The van der Waals surface area contributed by atoms with E-state index < -0.39 is 0 Å². The van der Waals surface area contributed by atoms with Crippen LogP contribution in [0.5, 0.6) is 5.88 Å². The lowest BCUT2D eigenvalue weighted by atomic mass is 10.3. The summed E-state index contributed by atoms with van der Waals surface area (Å²) < 4.78 is 5.46.